The van der Waals surface area contributed by atoms with Crippen LogP contribution in [0, 0.1) is 17.2 Å². The van der Waals surface area contributed by atoms with Gasteiger partial charge in [-0.1, -0.05) is 12.1 Å². The molecule has 1 aromatic rings. The molecule has 0 amide bonds. The summed E-state index contributed by atoms with van der Waals surface area (Å²) in [5.41, 5.74) is 0. The van der Waals surface area contributed by atoms with Crippen LogP contribution in [0.1, 0.15) is 19.3 Å². The summed E-state index contributed by atoms with van der Waals surface area (Å²) in [7, 11) is 0. The van der Waals surface area contributed by atoms with Crippen molar-refractivity contribution in [2.45, 2.75) is 25.4 Å². The summed E-state index contributed by atoms with van der Waals surface area (Å²) in [4.78, 5) is 0. The molecular weight excluding hydrogens is 254 g/mol. The Labute approximate surface area is 98.0 Å². The quantitative estimate of drug-likeness (QED) is 0.820. The molecule has 0 heterocycles. The van der Waals surface area contributed by atoms with E-state index in [-0.39, 0.29) is 12.0 Å². The van der Waals surface area contributed by atoms with Crippen LogP contribution in [-0.2, 0) is 0 Å². The summed E-state index contributed by atoms with van der Waals surface area (Å²) in [5, 5.41) is 8.94. The van der Waals surface area contributed by atoms with E-state index in [1.165, 1.54) is 0 Å². The van der Waals surface area contributed by atoms with Gasteiger partial charge in [-0.05, 0) is 47.3 Å². The van der Waals surface area contributed by atoms with Crippen molar-refractivity contribution < 1.29 is 4.74 Å². The number of nitrogens with zero attached hydrogens (tertiary/aromatic N) is 1. The van der Waals surface area contributed by atoms with Crippen molar-refractivity contribution in [1.29, 1.82) is 5.26 Å². The highest BCUT2D eigenvalue weighted by Gasteiger charge is 2.29. The van der Waals surface area contributed by atoms with Crippen LogP contribution in [0.2, 0.25) is 0 Å². The molecule has 0 bridgehead atoms. The van der Waals surface area contributed by atoms with Gasteiger partial charge >= 0.3 is 0 Å². The van der Waals surface area contributed by atoms with Crippen LogP contribution < -0.4 is 4.74 Å². The van der Waals surface area contributed by atoms with Gasteiger partial charge in [0, 0.05) is 0 Å². The predicted molar refractivity (Wildman–Crippen MR) is 61.5 cm³/mol. The molecule has 0 spiro atoms. The second kappa shape index (κ2) is 4.67. The standard InChI is InChI=1S/C12H12BrNO/c13-10-5-1-2-6-12(10)15-11-7-3-4-9(11)8-14/h1-2,5-6,9,11H,3-4,7H2. The lowest BCUT2D eigenvalue weighted by atomic mass is 10.1. The molecule has 1 aliphatic rings. The van der Waals surface area contributed by atoms with Gasteiger partial charge in [0.05, 0.1) is 16.5 Å². The third kappa shape index (κ3) is 2.32. The zero-order valence-corrected chi connectivity index (χ0v) is 9.90. The summed E-state index contributed by atoms with van der Waals surface area (Å²) >= 11 is 3.44. The summed E-state index contributed by atoms with van der Waals surface area (Å²) in [6, 6.07) is 10.1. The number of nitriles is 1. The molecule has 15 heavy (non-hydrogen) atoms. The number of hydrogen-bond acceptors (Lipinski definition) is 2. The van der Waals surface area contributed by atoms with E-state index in [0.717, 1.165) is 29.5 Å². The Morgan fingerprint density at radius 2 is 2.13 bits per heavy atom. The fraction of sp³-hybridized carbons (Fsp3) is 0.417. The molecule has 1 saturated carbocycles. The molecule has 0 aliphatic heterocycles. The van der Waals surface area contributed by atoms with Gasteiger partial charge in [0.1, 0.15) is 11.9 Å². The average Bonchev–Trinajstić information content (AvgIpc) is 2.69. The first-order valence-electron chi connectivity index (χ1n) is 5.12. The van der Waals surface area contributed by atoms with Crippen molar-refractivity contribution in [2.75, 3.05) is 0 Å². The summed E-state index contributed by atoms with van der Waals surface area (Å²) in [5.74, 6) is 0.891. The lowest BCUT2D eigenvalue weighted by molar-refractivity contribution is 0.181. The molecule has 2 nitrogen and oxygen atoms in total. The summed E-state index contributed by atoms with van der Waals surface area (Å²) in [6.07, 6.45) is 3.10. The maximum Gasteiger partial charge on any atom is 0.133 e. The van der Waals surface area contributed by atoms with Gasteiger partial charge in [0.25, 0.3) is 0 Å². The van der Waals surface area contributed by atoms with Gasteiger partial charge < -0.3 is 4.74 Å². The highest BCUT2D eigenvalue weighted by molar-refractivity contribution is 9.10. The molecule has 2 atom stereocenters. The van der Waals surface area contributed by atoms with E-state index in [9.17, 15) is 0 Å². The fourth-order valence-corrected chi connectivity index (χ4v) is 2.30. The number of halogens is 1. The molecule has 1 fully saturated rings. The molecule has 2 rings (SSSR count). The smallest absolute Gasteiger partial charge is 0.133 e. The zero-order valence-electron chi connectivity index (χ0n) is 8.32. The number of ether oxygens (including phenoxy) is 1. The lowest BCUT2D eigenvalue weighted by Gasteiger charge is -2.17. The van der Waals surface area contributed by atoms with E-state index in [2.05, 4.69) is 22.0 Å². The van der Waals surface area contributed by atoms with E-state index in [1.807, 2.05) is 24.3 Å². The third-order valence-electron chi connectivity index (χ3n) is 2.73. The Hall–Kier alpha value is -1.01. The Bertz CT molecular complexity index is 385. The molecule has 78 valence electrons. The van der Waals surface area contributed by atoms with E-state index in [1.54, 1.807) is 0 Å². The van der Waals surface area contributed by atoms with Crippen LogP contribution in [0.25, 0.3) is 0 Å². The molecule has 0 radical (unpaired) electrons. The van der Waals surface area contributed by atoms with E-state index in [4.69, 9.17) is 10.00 Å². The monoisotopic (exact) mass is 265 g/mol. The largest absolute Gasteiger partial charge is 0.488 e. The van der Waals surface area contributed by atoms with Gasteiger partial charge in [-0.2, -0.15) is 5.26 Å². The first-order chi connectivity index (χ1) is 7.31. The van der Waals surface area contributed by atoms with Gasteiger partial charge in [-0.15, -0.1) is 0 Å². The van der Waals surface area contributed by atoms with Crippen LogP contribution >= 0.6 is 15.9 Å². The molecule has 0 saturated heterocycles. The SMILES string of the molecule is N#CC1CCCC1Oc1ccccc1Br. The number of rotatable bonds is 2. The van der Waals surface area contributed by atoms with Crippen molar-refractivity contribution in [2.24, 2.45) is 5.92 Å². The van der Waals surface area contributed by atoms with Gasteiger partial charge in [-0.25, -0.2) is 0 Å². The van der Waals surface area contributed by atoms with Gasteiger partial charge in [0.15, 0.2) is 0 Å². The minimum atomic E-state index is 0.0529. The van der Waals surface area contributed by atoms with Gasteiger partial charge in [0.2, 0.25) is 0 Å². The van der Waals surface area contributed by atoms with Crippen LogP contribution in [-0.4, -0.2) is 6.10 Å². The second-order valence-electron chi connectivity index (χ2n) is 3.75. The topological polar surface area (TPSA) is 33.0 Å². The van der Waals surface area contributed by atoms with Gasteiger partial charge in [-0.3, -0.25) is 0 Å². The van der Waals surface area contributed by atoms with Crippen molar-refractivity contribution >= 4 is 15.9 Å². The zero-order chi connectivity index (χ0) is 10.7. The first kappa shape index (κ1) is 10.5. The molecular formula is C12H12BrNO. The number of benzene rings is 1. The summed E-state index contributed by atoms with van der Waals surface area (Å²) in [6.45, 7) is 0. The maximum atomic E-state index is 8.94. The number of para-hydroxylation sites is 1. The molecule has 0 N–H and O–H groups in total. The first-order valence-corrected chi connectivity index (χ1v) is 5.91. The Morgan fingerprint density at radius 1 is 1.33 bits per heavy atom. The predicted octanol–water partition coefficient (Wildman–Crippen LogP) is 3.52. The second-order valence-corrected chi connectivity index (χ2v) is 4.61. The Balaban J connectivity index is 2.09. The molecule has 0 aromatic heterocycles. The highest BCUT2D eigenvalue weighted by Crippen LogP contribution is 2.32. The molecule has 3 heteroatoms. The third-order valence-corrected chi connectivity index (χ3v) is 3.39. The van der Waals surface area contributed by atoms with Crippen molar-refractivity contribution in [3.63, 3.8) is 0 Å². The minimum absolute atomic E-state index is 0.0529. The van der Waals surface area contributed by atoms with Crippen LogP contribution in [0.15, 0.2) is 28.7 Å². The minimum Gasteiger partial charge on any atom is -0.488 e. The van der Waals surface area contributed by atoms with Crippen LogP contribution in [0.4, 0.5) is 0 Å². The van der Waals surface area contributed by atoms with E-state index >= 15 is 0 Å². The fourth-order valence-electron chi connectivity index (χ4n) is 1.92. The van der Waals surface area contributed by atoms with Crippen molar-refractivity contribution in [3.8, 4) is 11.8 Å². The highest BCUT2D eigenvalue weighted by atomic mass is 79.9. The molecule has 1 aromatic carbocycles. The lowest BCUT2D eigenvalue weighted by Crippen LogP contribution is -2.20. The van der Waals surface area contributed by atoms with E-state index in [0.29, 0.717) is 0 Å². The summed E-state index contributed by atoms with van der Waals surface area (Å²) < 4.78 is 6.79. The molecule has 1 aliphatic carbocycles. The maximum absolute atomic E-state index is 8.94. The van der Waals surface area contributed by atoms with Crippen LogP contribution in [0.3, 0.4) is 0 Å². The molecule has 2 unspecified atom stereocenters. The van der Waals surface area contributed by atoms with Crippen molar-refractivity contribution in [1.82, 2.24) is 0 Å². The van der Waals surface area contributed by atoms with Crippen LogP contribution in [0.5, 0.6) is 5.75 Å². The average molecular weight is 266 g/mol. The normalized spacial score (nSPS) is 24.8. The Morgan fingerprint density at radius 3 is 2.87 bits per heavy atom. The van der Waals surface area contributed by atoms with Crippen molar-refractivity contribution in [3.05, 3.63) is 28.7 Å². The Kier molecular flexibility index (Phi) is 3.27. The van der Waals surface area contributed by atoms with E-state index < -0.39 is 0 Å². The number of hydrogen-bond donors (Lipinski definition) is 0.